The van der Waals surface area contributed by atoms with E-state index in [0.29, 0.717) is 0 Å². The summed E-state index contributed by atoms with van der Waals surface area (Å²) >= 11 is 0. The van der Waals surface area contributed by atoms with E-state index in [2.05, 4.69) is 250 Å². The van der Waals surface area contributed by atoms with Crippen molar-refractivity contribution < 1.29 is 0 Å². The number of fused-ring (bicyclic) bond motifs is 11. The molecule has 14 aromatic rings. The third-order valence-electron chi connectivity index (χ3n) is 13.9. The fourth-order valence-corrected chi connectivity index (χ4v) is 10.8. The maximum Gasteiger partial charge on any atom is 0.0871 e. The van der Waals surface area contributed by atoms with Crippen molar-refractivity contribution in [3.63, 3.8) is 0 Å². The molecule has 4 nitrogen and oxygen atoms in total. The SMILES string of the molecule is c1ccc(-c2ccc(-c3ccc(-n4c5ccccc5c5cc(-c6ccc7c(c6)c6ccccc6n7-c6ccc(-c7c8ccccc8n8c7cnc7ccccc78)cc6)ccc54)cc3)cc2)cc1. The van der Waals surface area contributed by atoms with E-state index in [1.165, 1.54) is 99.0 Å². The van der Waals surface area contributed by atoms with Gasteiger partial charge in [-0.05, 0) is 118 Å². The van der Waals surface area contributed by atoms with Gasteiger partial charge in [0, 0.05) is 43.9 Å². The third-order valence-corrected chi connectivity index (χ3v) is 13.9. The predicted molar refractivity (Wildman–Crippen MR) is 281 cm³/mol. The van der Waals surface area contributed by atoms with Crippen molar-refractivity contribution in [1.82, 2.24) is 18.5 Å². The Bertz CT molecular complexity index is 4230. The molecule has 4 heterocycles. The Balaban J connectivity index is 0.829. The van der Waals surface area contributed by atoms with E-state index in [-0.39, 0.29) is 0 Å². The van der Waals surface area contributed by atoms with Gasteiger partial charge in [0.05, 0.1) is 50.3 Å². The van der Waals surface area contributed by atoms with Crippen molar-refractivity contribution in [2.24, 2.45) is 0 Å². The van der Waals surface area contributed by atoms with Gasteiger partial charge >= 0.3 is 0 Å². The molecule has 0 aliphatic carbocycles. The quantitative estimate of drug-likeness (QED) is 0.164. The summed E-state index contributed by atoms with van der Waals surface area (Å²) in [7, 11) is 0. The van der Waals surface area contributed by atoms with E-state index < -0.39 is 0 Å². The van der Waals surface area contributed by atoms with Crippen LogP contribution in [-0.4, -0.2) is 18.5 Å². The summed E-state index contributed by atoms with van der Waals surface area (Å²) in [6.45, 7) is 0. The largest absolute Gasteiger partial charge is 0.309 e. The van der Waals surface area contributed by atoms with Crippen molar-refractivity contribution >= 4 is 71.1 Å². The van der Waals surface area contributed by atoms with E-state index in [0.717, 1.165) is 27.9 Å². The summed E-state index contributed by atoms with van der Waals surface area (Å²) in [5, 5.41) is 6.17. The van der Waals surface area contributed by atoms with Crippen molar-refractivity contribution in [1.29, 1.82) is 0 Å². The lowest BCUT2D eigenvalue weighted by atomic mass is 10.00. The first-order chi connectivity index (χ1) is 33.2. The molecule has 67 heavy (non-hydrogen) atoms. The highest BCUT2D eigenvalue weighted by Gasteiger charge is 2.19. The van der Waals surface area contributed by atoms with E-state index in [1.807, 2.05) is 6.20 Å². The van der Waals surface area contributed by atoms with Crippen LogP contribution < -0.4 is 0 Å². The van der Waals surface area contributed by atoms with E-state index in [1.54, 1.807) is 0 Å². The molecule has 0 radical (unpaired) electrons. The molecule has 4 heteroatoms. The number of hydrogen-bond acceptors (Lipinski definition) is 1. The van der Waals surface area contributed by atoms with Gasteiger partial charge in [-0.3, -0.25) is 4.98 Å². The molecular weight excluding hydrogens is 813 g/mol. The molecule has 0 atom stereocenters. The van der Waals surface area contributed by atoms with Crippen molar-refractivity contribution in [3.8, 4) is 55.9 Å². The first-order valence-corrected chi connectivity index (χ1v) is 22.9. The Morgan fingerprint density at radius 1 is 0.254 bits per heavy atom. The standard InChI is InChI=1S/C63H40N4/c1-2-12-41(13-3-1)42-22-24-43(25-23-42)44-26-32-48(33-27-44)65-56-18-8-4-14-50(56)53-38-46(30-36-59(53)65)47-31-37-60-54(39-47)51-15-5-9-19-57(51)66(60)49-34-28-45(29-35-49)63-52-16-6-10-20-58(52)67-61-21-11-7-17-55(61)64-40-62(63)67/h1-40H. The summed E-state index contributed by atoms with van der Waals surface area (Å²) in [6.07, 6.45) is 2.03. The molecule has 0 amide bonds. The first-order valence-electron chi connectivity index (χ1n) is 22.9. The lowest BCUT2D eigenvalue weighted by molar-refractivity contribution is 1.18. The van der Waals surface area contributed by atoms with Crippen molar-refractivity contribution in [2.45, 2.75) is 0 Å². The molecule has 0 N–H and O–H groups in total. The fourth-order valence-electron chi connectivity index (χ4n) is 10.8. The zero-order valence-electron chi connectivity index (χ0n) is 36.4. The van der Waals surface area contributed by atoms with E-state index >= 15 is 0 Å². The van der Waals surface area contributed by atoms with Gasteiger partial charge in [-0.25, -0.2) is 0 Å². The summed E-state index contributed by atoms with van der Waals surface area (Å²) in [5.41, 5.74) is 21.0. The Hall–Kier alpha value is -8.99. The van der Waals surface area contributed by atoms with Crippen LogP contribution >= 0.6 is 0 Å². The molecule has 0 aliphatic heterocycles. The van der Waals surface area contributed by atoms with Gasteiger partial charge in [-0.2, -0.15) is 0 Å². The van der Waals surface area contributed by atoms with E-state index in [9.17, 15) is 0 Å². The minimum Gasteiger partial charge on any atom is -0.309 e. The second-order valence-electron chi connectivity index (χ2n) is 17.6. The van der Waals surface area contributed by atoms with Gasteiger partial charge in [-0.15, -0.1) is 0 Å². The van der Waals surface area contributed by atoms with Crippen LogP contribution in [0.15, 0.2) is 243 Å². The Morgan fingerprint density at radius 3 is 1.22 bits per heavy atom. The maximum atomic E-state index is 4.88. The smallest absolute Gasteiger partial charge is 0.0871 e. The van der Waals surface area contributed by atoms with Gasteiger partial charge in [0.15, 0.2) is 0 Å². The zero-order valence-corrected chi connectivity index (χ0v) is 36.4. The number of para-hydroxylation sites is 5. The van der Waals surface area contributed by atoms with Crippen LogP contribution in [0.5, 0.6) is 0 Å². The first kappa shape index (κ1) is 37.4. The molecule has 0 saturated heterocycles. The molecule has 4 aromatic heterocycles. The van der Waals surface area contributed by atoms with Crippen LogP contribution in [0.4, 0.5) is 0 Å². The van der Waals surface area contributed by atoms with Gasteiger partial charge in [-0.1, -0.05) is 158 Å². The lowest BCUT2D eigenvalue weighted by Gasteiger charge is -2.11. The normalized spacial score (nSPS) is 11.9. The highest BCUT2D eigenvalue weighted by atomic mass is 15.0. The van der Waals surface area contributed by atoms with Crippen LogP contribution in [0.25, 0.3) is 127 Å². The van der Waals surface area contributed by atoms with Gasteiger partial charge < -0.3 is 13.5 Å². The molecule has 0 saturated carbocycles. The number of rotatable bonds is 6. The zero-order chi connectivity index (χ0) is 44.0. The van der Waals surface area contributed by atoms with Crippen LogP contribution in [0.2, 0.25) is 0 Å². The van der Waals surface area contributed by atoms with Gasteiger partial charge in [0.2, 0.25) is 0 Å². The molecule has 0 fully saturated rings. The molecule has 0 bridgehead atoms. The number of hydrogen-bond donors (Lipinski definition) is 0. The fraction of sp³-hybridized carbons (Fsp3) is 0. The average molecular weight is 853 g/mol. The van der Waals surface area contributed by atoms with Crippen molar-refractivity contribution in [3.05, 3.63) is 243 Å². The summed E-state index contributed by atoms with van der Waals surface area (Å²) in [4.78, 5) is 4.88. The predicted octanol–water partition coefficient (Wildman–Crippen LogP) is 16.5. The highest BCUT2D eigenvalue weighted by molar-refractivity contribution is 6.13. The van der Waals surface area contributed by atoms with E-state index in [4.69, 9.17) is 4.98 Å². The second-order valence-corrected chi connectivity index (χ2v) is 17.6. The third kappa shape index (κ3) is 5.83. The van der Waals surface area contributed by atoms with Crippen molar-refractivity contribution in [2.75, 3.05) is 0 Å². The maximum absolute atomic E-state index is 4.88. The molecular formula is C63H40N4. The minimum absolute atomic E-state index is 0.986. The molecule has 0 spiro atoms. The monoisotopic (exact) mass is 852 g/mol. The summed E-state index contributed by atoms with van der Waals surface area (Å²) in [5.74, 6) is 0. The number of nitrogens with zero attached hydrogens (tertiary/aromatic N) is 4. The molecule has 0 unspecified atom stereocenters. The van der Waals surface area contributed by atoms with Crippen LogP contribution in [0.3, 0.4) is 0 Å². The topological polar surface area (TPSA) is 27.2 Å². The number of aromatic nitrogens is 4. The minimum atomic E-state index is 0.986. The average Bonchev–Trinajstić information content (AvgIpc) is 4.04. The Labute approximate surface area is 386 Å². The Kier molecular flexibility index (Phi) is 8.25. The van der Waals surface area contributed by atoms with Gasteiger partial charge in [0.1, 0.15) is 0 Å². The molecule has 312 valence electrons. The Morgan fingerprint density at radius 2 is 0.657 bits per heavy atom. The molecule has 10 aromatic carbocycles. The summed E-state index contributed by atoms with van der Waals surface area (Å²) in [6, 6.07) is 86.1. The van der Waals surface area contributed by atoms with Gasteiger partial charge in [0.25, 0.3) is 0 Å². The molecule has 14 rings (SSSR count). The van der Waals surface area contributed by atoms with Crippen LogP contribution in [0.1, 0.15) is 0 Å². The van der Waals surface area contributed by atoms with Crippen LogP contribution in [-0.2, 0) is 0 Å². The second kappa shape index (κ2) is 14.8. The lowest BCUT2D eigenvalue weighted by Crippen LogP contribution is -1.94. The summed E-state index contributed by atoms with van der Waals surface area (Å²) < 4.78 is 7.16. The molecule has 0 aliphatic rings. The van der Waals surface area contributed by atoms with Crippen LogP contribution in [0, 0.1) is 0 Å². The highest BCUT2D eigenvalue weighted by Crippen LogP contribution is 2.41. The number of benzene rings is 10.